The molecule has 30 heavy (non-hydrogen) atoms. The van der Waals surface area contributed by atoms with Crippen LogP contribution in [0.25, 0.3) is 0 Å². The second kappa shape index (κ2) is 6.86. The van der Waals surface area contributed by atoms with E-state index in [1.54, 1.807) is 6.20 Å². The molecule has 2 bridgehead atoms. The van der Waals surface area contributed by atoms with E-state index in [0.717, 1.165) is 41.2 Å². The molecule has 3 aromatic rings. The third kappa shape index (κ3) is 3.13. The van der Waals surface area contributed by atoms with Crippen molar-refractivity contribution >= 4 is 21.6 Å². The molecule has 7 nitrogen and oxygen atoms in total. The van der Waals surface area contributed by atoms with Crippen LogP contribution in [-0.2, 0) is 22.6 Å². The molecule has 0 saturated carbocycles. The van der Waals surface area contributed by atoms with Crippen molar-refractivity contribution in [1.29, 1.82) is 0 Å². The number of piperidine rings is 1. The number of H-pyrrole nitrogens is 1. The zero-order chi connectivity index (χ0) is 21.1. The minimum Gasteiger partial charge on any atom is -0.282 e. The van der Waals surface area contributed by atoms with E-state index >= 15 is 0 Å². The number of sulfonamides is 1. The van der Waals surface area contributed by atoms with Gasteiger partial charge in [0.2, 0.25) is 10.0 Å². The predicted molar refractivity (Wildman–Crippen MR) is 101 cm³/mol. The second-order valence-electron chi connectivity index (χ2n) is 7.53. The topological polar surface area (TPSA) is 91.8 Å². The maximum atomic E-state index is 13.5. The van der Waals surface area contributed by atoms with Gasteiger partial charge >= 0.3 is 6.18 Å². The number of fused-ring (bicyclic) bond motifs is 4. The van der Waals surface area contributed by atoms with Crippen LogP contribution in [0.4, 0.5) is 13.2 Å². The Hall–Kier alpha value is -2.31. The average Bonchev–Trinajstić information content (AvgIpc) is 3.38. The quantitative estimate of drug-likeness (QED) is 0.653. The van der Waals surface area contributed by atoms with Gasteiger partial charge in [0.15, 0.2) is 0 Å². The summed E-state index contributed by atoms with van der Waals surface area (Å²) in [6.45, 7) is 0. The summed E-state index contributed by atoms with van der Waals surface area (Å²) in [6, 6.07) is 2.85. The molecule has 2 aliphatic rings. The molecule has 1 saturated heterocycles. The van der Waals surface area contributed by atoms with E-state index in [0.29, 0.717) is 19.3 Å². The second-order valence-corrected chi connectivity index (χ2v) is 9.99. The fraction of sp³-hybridized carbons (Fsp3) is 0.389. The highest BCUT2D eigenvalue weighted by atomic mass is 32.2. The smallest absolute Gasteiger partial charge is 0.282 e. The Balaban J connectivity index is 1.53. The van der Waals surface area contributed by atoms with Gasteiger partial charge < -0.3 is 0 Å². The molecule has 1 N–H and O–H groups in total. The molecule has 0 amide bonds. The van der Waals surface area contributed by atoms with Gasteiger partial charge in [-0.25, -0.2) is 8.42 Å². The van der Waals surface area contributed by atoms with Crippen LogP contribution in [0, 0.1) is 0 Å². The Labute approximate surface area is 174 Å². The summed E-state index contributed by atoms with van der Waals surface area (Å²) < 4.78 is 71.0. The van der Waals surface area contributed by atoms with Gasteiger partial charge in [-0.1, -0.05) is 4.49 Å². The number of hydrogen-bond acceptors (Lipinski definition) is 6. The lowest BCUT2D eigenvalue weighted by atomic mass is 9.78. The average molecular weight is 455 g/mol. The SMILES string of the molecule is O=S(=O)(c1ccc(C(F)(F)F)cc1)N1C2Cc3[nH]ncc3C1CC(c1csnn1)C2. The van der Waals surface area contributed by atoms with Gasteiger partial charge in [0.25, 0.3) is 0 Å². The number of nitrogens with one attached hydrogen (secondary N) is 1. The van der Waals surface area contributed by atoms with Gasteiger partial charge in [-0.15, -0.1) is 5.10 Å². The zero-order valence-electron chi connectivity index (χ0n) is 15.4. The number of benzene rings is 1. The summed E-state index contributed by atoms with van der Waals surface area (Å²) in [5, 5.41) is 13.1. The molecule has 0 aliphatic carbocycles. The van der Waals surface area contributed by atoms with Crippen molar-refractivity contribution in [2.45, 2.75) is 48.3 Å². The third-order valence-corrected chi connectivity index (χ3v) is 8.33. The Morgan fingerprint density at radius 2 is 1.93 bits per heavy atom. The lowest BCUT2D eigenvalue weighted by molar-refractivity contribution is -0.137. The number of halogens is 3. The van der Waals surface area contributed by atoms with Crippen molar-refractivity contribution in [3.63, 3.8) is 0 Å². The summed E-state index contributed by atoms with van der Waals surface area (Å²) in [6.07, 6.45) is -1.37. The Bertz CT molecular complexity index is 1160. The molecule has 1 fully saturated rings. The summed E-state index contributed by atoms with van der Waals surface area (Å²) in [4.78, 5) is -0.147. The molecule has 12 heteroatoms. The summed E-state index contributed by atoms with van der Waals surface area (Å²) in [5.74, 6) is 0.0563. The van der Waals surface area contributed by atoms with Crippen molar-refractivity contribution in [1.82, 2.24) is 24.1 Å². The van der Waals surface area contributed by atoms with Crippen LogP contribution in [0.3, 0.4) is 0 Å². The largest absolute Gasteiger partial charge is 0.416 e. The molecule has 4 heterocycles. The number of rotatable bonds is 3. The fourth-order valence-electron chi connectivity index (χ4n) is 4.49. The molecule has 0 radical (unpaired) electrons. The molecular formula is C18H16F3N5O2S2. The van der Waals surface area contributed by atoms with E-state index in [2.05, 4.69) is 19.8 Å². The first-order chi connectivity index (χ1) is 14.2. The van der Waals surface area contributed by atoms with E-state index in [-0.39, 0.29) is 16.9 Å². The molecule has 3 unspecified atom stereocenters. The number of aromatic nitrogens is 4. The molecular weight excluding hydrogens is 439 g/mol. The molecule has 2 aliphatic heterocycles. The Kier molecular flexibility index (Phi) is 4.49. The Morgan fingerprint density at radius 1 is 1.17 bits per heavy atom. The molecule has 3 atom stereocenters. The monoisotopic (exact) mass is 455 g/mol. The van der Waals surface area contributed by atoms with Crippen LogP contribution in [0.2, 0.25) is 0 Å². The molecule has 1 aromatic carbocycles. The maximum Gasteiger partial charge on any atom is 0.416 e. The van der Waals surface area contributed by atoms with Crippen molar-refractivity contribution < 1.29 is 21.6 Å². The van der Waals surface area contributed by atoms with Gasteiger partial charge in [0.05, 0.1) is 28.4 Å². The summed E-state index contributed by atoms with van der Waals surface area (Å²) in [5.41, 5.74) is 1.66. The zero-order valence-corrected chi connectivity index (χ0v) is 17.0. The van der Waals surface area contributed by atoms with E-state index < -0.39 is 27.8 Å². The van der Waals surface area contributed by atoms with Gasteiger partial charge in [-0.2, -0.15) is 22.6 Å². The normalized spacial score (nSPS) is 24.6. The first-order valence-corrected chi connectivity index (χ1v) is 11.5. The van der Waals surface area contributed by atoms with E-state index in [4.69, 9.17) is 0 Å². The standard InChI is InChI=1S/C18H16F3N5O2S2/c19-18(20,21)11-1-3-13(4-2-11)30(27,28)26-12-5-10(16-9-29-25-24-16)6-17(26)14-8-22-23-15(14)7-12/h1-4,8-10,12,17H,5-7H2,(H,22,23). The fourth-order valence-corrected chi connectivity index (χ4v) is 6.84. The van der Waals surface area contributed by atoms with E-state index in [1.807, 2.05) is 5.38 Å². The number of hydrogen-bond donors (Lipinski definition) is 1. The lowest BCUT2D eigenvalue weighted by Gasteiger charge is -2.46. The van der Waals surface area contributed by atoms with Crippen LogP contribution in [0.1, 0.15) is 47.3 Å². The van der Waals surface area contributed by atoms with Crippen molar-refractivity contribution in [2.75, 3.05) is 0 Å². The lowest BCUT2D eigenvalue weighted by Crippen LogP contribution is -2.51. The highest BCUT2D eigenvalue weighted by Gasteiger charge is 2.48. The van der Waals surface area contributed by atoms with Crippen molar-refractivity contribution in [2.24, 2.45) is 0 Å². The van der Waals surface area contributed by atoms with Crippen LogP contribution >= 0.6 is 11.5 Å². The van der Waals surface area contributed by atoms with Crippen LogP contribution in [0.15, 0.2) is 40.7 Å². The molecule has 5 rings (SSSR count). The predicted octanol–water partition coefficient (Wildman–Crippen LogP) is 3.51. The van der Waals surface area contributed by atoms with Crippen molar-refractivity contribution in [3.05, 3.63) is 58.4 Å². The van der Waals surface area contributed by atoms with E-state index in [1.165, 1.54) is 15.8 Å². The first-order valence-electron chi connectivity index (χ1n) is 9.25. The summed E-state index contributed by atoms with van der Waals surface area (Å²) in [7, 11) is -4.01. The van der Waals surface area contributed by atoms with Crippen LogP contribution in [-0.4, -0.2) is 38.5 Å². The van der Waals surface area contributed by atoms with Crippen molar-refractivity contribution in [3.8, 4) is 0 Å². The van der Waals surface area contributed by atoms with Crippen LogP contribution in [0.5, 0.6) is 0 Å². The molecule has 158 valence electrons. The third-order valence-electron chi connectivity index (χ3n) is 5.83. The Morgan fingerprint density at radius 3 is 2.60 bits per heavy atom. The molecule has 0 spiro atoms. The number of alkyl halides is 3. The minimum atomic E-state index is -4.52. The number of aromatic amines is 1. The van der Waals surface area contributed by atoms with Gasteiger partial charge in [-0.3, -0.25) is 5.10 Å². The van der Waals surface area contributed by atoms with Gasteiger partial charge in [0, 0.05) is 35.0 Å². The first kappa shape index (κ1) is 19.6. The van der Waals surface area contributed by atoms with Crippen LogP contribution < -0.4 is 0 Å². The summed E-state index contributed by atoms with van der Waals surface area (Å²) >= 11 is 1.25. The number of nitrogens with zero attached hydrogens (tertiary/aromatic N) is 4. The highest BCUT2D eigenvalue weighted by molar-refractivity contribution is 7.89. The minimum absolute atomic E-state index is 0.0563. The van der Waals surface area contributed by atoms with Gasteiger partial charge in [0.1, 0.15) is 0 Å². The molecule has 2 aromatic heterocycles. The highest BCUT2D eigenvalue weighted by Crippen LogP contribution is 2.49. The van der Waals surface area contributed by atoms with E-state index in [9.17, 15) is 21.6 Å². The maximum absolute atomic E-state index is 13.5. The van der Waals surface area contributed by atoms with Gasteiger partial charge in [-0.05, 0) is 48.6 Å².